The molecule has 3 unspecified atom stereocenters. The number of hydrogen-bond acceptors (Lipinski definition) is 4. The third kappa shape index (κ3) is 23.7. The van der Waals surface area contributed by atoms with Gasteiger partial charge in [0.2, 0.25) is 5.91 Å². The van der Waals surface area contributed by atoms with Crippen LogP contribution in [0, 0.1) is 0 Å². The van der Waals surface area contributed by atoms with Gasteiger partial charge in [0.15, 0.2) is 0 Å². The fraction of sp³-hybridized carbons (Fsp3) is 0.844. The molecule has 0 saturated heterocycles. The van der Waals surface area contributed by atoms with Gasteiger partial charge in [-0.3, -0.25) is 4.79 Å². The quantitative estimate of drug-likeness (QED) is 0.0661. The monoisotopic (exact) mass is 523 g/mol. The van der Waals surface area contributed by atoms with E-state index in [1.165, 1.54) is 96.3 Å². The van der Waals surface area contributed by atoms with Gasteiger partial charge in [-0.25, -0.2) is 0 Å². The Morgan fingerprint density at radius 3 is 1.59 bits per heavy atom. The molecule has 0 aromatic heterocycles. The van der Waals surface area contributed by atoms with Crippen LogP contribution in [-0.2, 0) is 4.79 Å². The van der Waals surface area contributed by atoms with Gasteiger partial charge in [-0.2, -0.15) is 0 Å². The summed E-state index contributed by atoms with van der Waals surface area (Å²) < 4.78 is 0. The van der Waals surface area contributed by atoms with Crippen molar-refractivity contribution >= 4 is 5.91 Å². The molecule has 218 valence electrons. The molecule has 0 rings (SSSR count). The maximum absolute atomic E-state index is 12.3. The average Bonchev–Trinajstić information content (AvgIpc) is 2.90. The van der Waals surface area contributed by atoms with Crippen LogP contribution in [0.2, 0.25) is 0 Å². The number of unbranched alkanes of at least 4 members (excludes halogenated alkanes) is 17. The number of carbonyl (C=O) groups is 1. The Bertz CT molecular complexity index is 549. The summed E-state index contributed by atoms with van der Waals surface area (Å²) in [5.41, 5.74) is 0. The Balaban J connectivity index is 3.82. The zero-order valence-electron chi connectivity index (χ0n) is 24.3. The summed E-state index contributed by atoms with van der Waals surface area (Å²) in [5.74, 6) is -0.514. The van der Waals surface area contributed by atoms with E-state index in [-0.39, 0.29) is 6.61 Å². The average molecular weight is 524 g/mol. The third-order valence-corrected chi connectivity index (χ3v) is 7.04. The predicted octanol–water partition coefficient (Wildman–Crippen LogP) is 7.53. The van der Waals surface area contributed by atoms with Gasteiger partial charge in [-0.1, -0.05) is 128 Å². The molecule has 5 nitrogen and oxygen atoms in total. The molecule has 0 bridgehead atoms. The molecule has 0 aliphatic carbocycles. The highest BCUT2D eigenvalue weighted by Gasteiger charge is 2.22. The van der Waals surface area contributed by atoms with Gasteiger partial charge in [0.25, 0.3) is 0 Å². The van der Waals surface area contributed by atoms with Crippen molar-refractivity contribution < 1.29 is 20.1 Å². The number of nitrogens with one attached hydrogen (secondary N) is 1. The second-order valence-electron chi connectivity index (χ2n) is 10.7. The summed E-state index contributed by atoms with van der Waals surface area (Å²) in [7, 11) is 0. The van der Waals surface area contributed by atoms with Crippen molar-refractivity contribution in [1.82, 2.24) is 5.32 Å². The number of hydrogen-bond donors (Lipinski definition) is 4. The minimum Gasteiger partial charge on any atom is -0.394 e. The van der Waals surface area contributed by atoms with E-state index in [1.807, 2.05) is 6.08 Å². The van der Waals surface area contributed by atoms with Gasteiger partial charge in [-0.05, 0) is 44.9 Å². The lowest BCUT2D eigenvalue weighted by molar-refractivity contribution is -0.131. The number of carbonyl (C=O) groups excluding carboxylic acids is 1. The molecule has 0 saturated carbocycles. The van der Waals surface area contributed by atoms with Crippen LogP contribution in [0.5, 0.6) is 0 Å². The first kappa shape index (κ1) is 35.8. The van der Waals surface area contributed by atoms with E-state index in [0.717, 1.165) is 32.1 Å². The summed E-state index contributed by atoms with van der Waals surface area (Å²) >= 11 is 0. The standard InChI is InChI=1S/C32H61NO4/c1-3-5-7-9-11-13-14-15-16-17-19-21-23-25-27-31(36)32(37)33-29(28-34)30(35)26-24-22-20-18-12-10-8-6-4-2/h13-14,24,26,29-31,34-36H,3-12,15-23,25,27-28H2,1-2H3,(H,33,37)/b14-13-,26-24+. The summed E-state index contributed by atoms with van der Waals surface area (Å²) in [5, 5.41) is 32.7. The van der Waals surface area contributed by atoms with E-state index >= 15 is 0 Å². The second-order valence-corrected chi connectivity index (χ2v) is 10.7. The predicted molar refractivity (Wildman–Crippen MR) is 158 cm³/mol. The van der Waals surface area contributed by atoms with E-state index in [2.05, 4.69) is 31.3 Å². The fourth-order valence-electron chi connectivity index (χ4n) is 4.47. The summed E-state index contributed by atoms with van der Waals surface area (Å²) in [6.07, 6.45) is 30.4. The summed E-state index contributed by atoms with van der Waals surface area (Å²) in [6, 6.07) is -0.794. The smallest absolute Gasteiger partial charge is 0.249 e. The van der Waals surface area contributed by atoms with Crippen molar-refractivity contribution in [2.24, 2.45) is 0 Å². The number of rotatable bonds is 27. The van der Waals surface area contributed by atoms with Crippen LogP contribution in [0.4, 0.5) is 0 Å². The van der Waals surface area contributed by atoms with Gasteiger partial charge in [0.1, 0.15) is 6.10 Å². The molecule has 0 aromatic carbocycles. The SMILES string of the molecule is CCCCCC/C=C\CCCCCCCCC(O)C(=O)NC(CO)C(O)/C=C/CCCCCCCCC. The van der Waals surface area contributed by atoms with E-state index in [1.54, 1.807) is 6.08 Å². The lowest BCUT2D eigenvalue weighted by Gasteiger charge is -2.21. The molecule has 0 fully saturated rings. The summed E-state index contributed by atoms with van der Waals surface area (Å²) in [6.45, 7) is 4.10. The van der Waals surface area contributed by atoms with E-state index < -0.39 is 24.2 Å². The van der Waals surface area contributed by atoms with Crippen molar-refractivity contribution in [3.8, 4) is 0 Å². The highest BCUT2D eigenvalue weighted by atomic mass is 16.3. The number of aliphatic hydroxyl groups excluding tert-OH is 3. The van der Waals surface area contributed by atoms with Crippen LogP contribution >= 0.6 is 0 Å². The molecular weight excluding hydrogens is 462 g/mol. The van der Waals surface area contributed by atoms with Gasteiger partial charge >= 0.3 is 0 Å². The molecule has 3 atom stereocenters. The maximum atomic E-state index is 12.3. The minimum atomic E-state index is -1.10. The molecule has 0 spiro atoms. The molecular formula is C32H61NO4. The Morgan fingerprint density at radius 2 is 1.08 bits per heavy atom. The molecule has 4 N–H and O–H groups in total. The van der Waals surface area contributed by atoms with E-state index in [9.17, 15) is 20.1 Å². The Morgan fingerprint density at radius 1 is 0.649 bits per heavy atom. The first-order valence-electron chi connectivity index (χ1n) is 15.7. The van der Waals surface area contributed by atoms with Crippen LogP contribution < -0.4 is 5.32 Å². The second kappa shape index (κ2) is 27.9. The van der Waals surface area contributed by atoms with E-state index in [0.29, 0.717) is 6.42 Å². The Hall–Kier alpha value is -1.17. The Kier molecular flexibility index (Phi) is 27.0. The molecule has 0 aliphatic heterocycles. The molecule has 0 heterocycles. The third-order valence-electron chi connectivity index (χ3n) is 7.04. The highest BCUT2D eigenvalue weighted by molar-refractivity contribution is 5.80. The van der Waals surface area contributed by atoms with Crippen molar-refractivity contribution in [2.45, 2.75) is 167 Å². The normalized spacial score (nSPS) is 14.4. The van der Waals surface area contributed by atoms with Gasteiger partial charge in [-0.15, -0.1) is 0 Å². The van der Waals surface area contributed by atoms with E-state index in [4.69, 9.17) is 0 Å². The van der Waals surface area contributed by atoms with Gasteiger partial charge in [0.05, 0.1) is 18.8 Å². The molecule has 5 heteroatoms. The Labute approximate surface area is 229 Å². The molecule has 1 amide bonds. The molecule has 0 radical (unpaired) electrons. The zero-order valence-corrected chi connectivity index (χ0v) is 24.3. The van der Waals surface area contributed by atoms with Gasteiger partial charge < -0.3 is 20.6 Å². The molecule has 0 aromatic rings. The zero-order chi connectivity index (χ0) is 27.4. The van der Waals surface area contributed by atoms with Crippen molar-refractivity contribution in [2.75, 3.05) is 6.61 Å². The maximum Gasteiger partial charge on any atom is 0.249 e. The topological polar surface area (TPSA) is 89.8 Å². The van der Waals surface area contributed by atoms with Crippen molar-refractivity contribution in [3.05, 3.63) is 24.3 Å². The van der Waals surface area contributed by atoms with Crippen LogP contribution in [0.3, 0.4) is 0 Å². The fourth-order valence-corrected chi connectivity index (χ4v) is 4.47. The first-order chi connectivity index (χ1) is 18.1. The lowest BCUT2D eigenvalue weighted by Crippen LogP contribution is -2.48. The number of allylic oxidation sites excluding steroid dienone is 3. The van der Waals surface area contributed by atoms with Crippen molar-refractivity contribution in [1.29, 1.82) is 0 Å². The number of aliphatic hydroxyl groups is 3. The molecule has 37 heavy (non-hydrogen) atoms. The largest absolute Gasteiger partial charge is 0.394 e. The lowest BCUT2D eigenvalue weighted by atomic mass is 10.0. The van der Waals surface area contributed by atoms with Crippen molar-refractivity contribution in [3.63, 3.8) is 0 Å². The number of amides is 1. The van der Waals surface area contributed by atoms with Crippen LogP contribution in [-0.4, -0.2) is 46.1 Å². The first-order valence-corrected chi connectivity index (χ1v) is 15.7. The summed E-state index contributed by atoms with van der Waals surface area (Å²) in [4.78, 5) is 12.3. The van der Waals surface area contributed by atoms with Crippen LogP contribution in [0.25, 0.3) is 0 Å². The van der Waals surface area contributed by atoms with Crippen LogP contribution in [0.1, 0.15) is 149 Å². The minimum absolute atomic E-state index is 0.366. The van der Waals surface area contributed by atoms with Crippen LogP contribution in [0.15, 0.2) is 24.3 Å². The molecule has 0 aliphatic rings. The highest BCUT2D eigenvalue weighted by Crippen LogP contribution is 2.12. The van der Waals surface area contributed by atoms with Gasteiger partial charge in [0, 0.05) is 0 Å².